The summed E-state index contributed by atoms with van der Waals surface area (Å²) in [7, 11) is 0. The van der Waals surface area contributed by atoms with Gasteiger partial charge >= 0.3 is 0 Å². The minimum atomic E-state index is 0.835. The molecule has 0 unspecified atom stereocenters. The fourth-order valence-corrected chi connectivity index (χ4v) is 8.75. The molecular formula is C54H33NO3. The van der Waals surface area contributed by atoms with Crippen molar-refractivity contribution in [2.75, 3.05) is 4.90 Å². The Hall–Kier alpha value is -7.82. The number of rotatable bonds is 6. The second-order valence-corrected chi connectivity index (χ2v) is 14.8. The summed E-state index contributed by atoms with van der Waals surface area (Å²) >= 11 is 0. The molecule has 0 aliphatic heterocycles. The van der Waals surface area contributed by atoms with Gasteiger partial charge < -0.3 is 18.2 Å². The van der Waals surface area contributed by atoms with Crippen LogP contribution in [0.25, 0.3) is 99.2 Å². The van der Waals surface area contributed by atoms with E-state index in [2.05, 4.69) is 181 Å². The van der Waals surface area contributed by atoms with Crippen LogP contribution < -0.4 is 4.90 Å². The SMILES string of the molecule is c1ccc(-c2ccc3c(c2)oc2c(-c4ccccc4)ccc(N(c4ccc5oc6ccccc6c5c4)c4ccc5oc6c(-c7ccccc7)cccc6c5c4)c23)cc1. The highest BCUT2D eigenvalue weighted by atomic mass is 16.3. The zero-order valence-electron chi connectivity index (χ0n) is 31.2. The molecule has 9 aromatic carbocycles. The average molecular weight is 744 g/mol. The average Bonchev–Trinajstić information content (AvgIpc) is 3.98. The van der Waals surface area contributed by atoms with Crippen LogP contribution in [0.2, 0.25) is 0 Å². The van der Waals surface area contributed by atoms with Gasteiger partial charge in [0.25, 0.3) is 0 Å². The Kier molecular flexibility index (Phi) is 7.20. The van der Waals surface area contributed by atoms with E-state index in [1.54, 1.807) is 0 Å². The van der Waals surface area contributed by atoms with Gasteiger partial charge in [-0.2, -0.15) is 0 Å². The number of anilines is 3. The van der Waals surface area contributed by atoms with Gasteiger partial charge in [0.1, 0.15) is 33.5 Å². The fourth-order valence-electron chi connectivity index (χ4n) is 8.75. The third-order valence-corrected chi connectivity index (χ3v) is 11.5. The van der Waals surface area contributed by atoms with Crippen LogP contribution in [0.3, 0.4) is 0 Å². The zero-order chi connectivity index (χ0) is 38.2. The van der Waals surface area contributed by atoms with E-state index in [9.17, 15) is 0 Å². The van der Waals surface area contributed by atoms with Crippen molar-refractivity contribution in [3.8, 4) is 33.4 Å². The Bertz CT molecular complexity index is 3500. The quantitative estimate of drug-likeness (QED) is 0.170. The lowest BCUT2D eigenvalue weighted by Gasteiger charge is -2.27. The van der Waals surface area contributed by atoms with Crippen molar-refractivity contribution in [3.05, 3.63) is 200 Å². The van der Waals surface area contributed by atoms with Gasteiger partial charge in [-0.05, 0) is 89.0 Å². The van der Waals surface area contributed by atoms with Crippen molar-refractivity contribution >= 4 is 82.9 Å². The summed E-state index contributed by atoms with van der Waals surface area (Å²) in [6.07, 6.45) is 0. The van der Waals surface area contributed by atoms with E-state index in [0.717, 1.165) is 116 Å². The number of hydrogen-bond donors (Lipinski definition) is 0. The molecule has 0 aliphatic rings. The summed E-state index contributed by atoms with van der Waals surface area (Å²) in [4.78, 5) is 2.36. The fraction of sp³-hybridized carbons (Fsp3) is 0. The highest BCUT2D eigenvalue weighted by molar-refractivity contribution is 6.19. The van der Waals surface area contributed by atoms with Gasteiger partial charge in [-0.25, -0.2) is 0 Å². The normalized spacial score (nSPS) is 11.8. The first-order valence-corrected chi connectivity index (χ1v) is 19.6. The molecule has 0 atom stereocenters. The number of para-hydroxylation sites is 2. The van der Waals surface area contributed by atoms with Crippen molar-refractivity contribution in [1.29, 1.82) is 0 Å². The largest absolute Gasteiger partial charge is 0.456 e. The second-order valence-electron chi connectivity index (χ2n) is 14.8. The summed E-state index contributed by atoms with van der Waals surface area (Å²) < 4.78 is 20.0. The molecule has 4 heteroatoms. The van der Waals surface area contributed by atoms with Gasteiger partial charge in [0.2, 0.25) is 0 Å². The van der Waals surface area contributed by atoms with Crippen molar-refractivity contribution in [3.63, 3.8) is 0 Å². The molecule has 0 bridgehead atoms. The number of furan rings is 3. The van der Waals surface area contributed by atoms with E-state index in [0.29, 0.717) is 0 Å². The van der Waals surface area contributed by atoms with E-state index in [1.807, 2.05) is 24.3 Å². The molecular weight excluding hydrogens is 711 g/mol. The molecule has 0 saturated carbocycles. The number of fused-ring (bicyclic) bond motifs is 9. The van der Waals surface area contributed by atoms with Crippen LogP contribution in [0, 0.1) is 0 Å². The topological polar surface area (TPSA) is 42.7 Å². The first-order chi connectivity index (χ1) is 28.7. The Morgan fingerprint density at radius 3 is 1.59 bits per heavy atom. The summed E-state index contributed by atoms with van der Waals surface area (Å²) in [6.45, 7) is 0. The maximum Gasteiger partial charge on any atom is 0.145 e. The predicted molar refractivity (Wildman–Crippen MR) is 239 cm³/mol. The third-order valence-electron chi connectivity index (χ3n) is 11.5. The Morgan fingerprint density at radius 1 is 0.293 bits per heavy atom. The summed E-state index contributed by atoms with van der Waals surface area (Å²) in [5, 5.41) is 6.34. The molecule has 0 aliphatic carbocycles. The highest BCUT2D eigenvalue weighted by Crippen LogP contribution is 2.48. The van der Waals surface area contributed by atoms with Crippen molar-refractivity contribution in [2.24, 2.45) is 0 Å². The van der Waals surface area contributed by atoms with Crippen molar-refractivity contribution in [1.82, 2.24) is 0 Å². The van der Waals surface area contributed by atoms with E-state index in [4.69, 9.17) is 13.3 Å². The highest BCUT2D eigenvalue weighted by Gasteiger charge is 2.24. The number of benzene rings is 9. The number of hydrogen-bond acceptors (Lipinski definition) is 4. The van der Waals surface area contributed by atoms with Crippen LogP contribution >= 0.6 is 0 Å². The van der Waals surface area contributed by atoms with E-state index < -0.39 is 0 Å². The molecule has 3 aromatic heterocycles. The third kappa shape index (κ3) is 5.09. The van der Waals surface area contributed by atoms with Crippen LogP contribution in [0.5, 0.6) is 0 Å². The minimum Gasteiger partial charge on any atom is -0.456 e. The lowest BCUT2D eigenvalue weighted by Crippen LogP contribution is -2.10. The van der Waals surface area contributed by atoms with E-state index in [-0.39, 0.29) is 0 Å². The van der Waals surface area contributed by atoms with Gasteiger partial charge in [0, 0.05) is 49.4 Å². The maximum atomic E-state index is 6.99. The molecule has 0 N–H and O–H groups in total. The molecule has 272 valence electrons. The Labute approximate surface area is 333 Å². The standard InChI is InChI=1S/C54H33NO3/c1-4-13-34(14-5-1)37-23-26-44-51(31-37)58-54-41(36-17-8-3-9-18-36)27-28-47(52(44)54)55(38-24-29-49-45(32-38)42-19-10-11-22-48(42)56-49)39-25-30-50-46(33-39)43-21-12-20-40(53(43)57-50)35-15-6-2-7-16-35/h1-33H. The van der Waals surface area contributed by atoms with Crippen LogP contribution in [-0.4, -0.2) is 0 Å². The Morgan fingerprint density at radius 2 is 0.862 bits per heavy atom. The second kappa shape index (κ2) is 12.9. The molecule has 0 saturated heterocycles. The Balaban J connectivity index is 1.14. The monoisotopic (exact) mass is 743 g/mol. The molecule has 0 spiro atoms. The van der Waals surface area contributed by atoms with Gasteiger partial charge in [-0.15, -0.1) is 0 Å². The first-order valence-electron chi connectivity index (χ1n) is 19.6. The molecule has 12 rings (SSSR count). The van der Waals surface area contributed by atoms with Crippen LogP contribution in [0.4, 0.5) is 17.1 Å². The molecule has 4 nitrogen and oxygen atoms in total. The number of nitrogens with zero attached hydrogens (tertiary/aromatic N) is 1. The van der Waals surface area contributed by atoms with Crippen LogP contribution in [-0.2, 0) is 0 Å². The molecule has 58 heavy (non-hydrogen) atoms. The van der Waals surface area contributed by atoms with Gasteiger partial charge in [0.05, 0.1) is 11.1 Å². The van der Waals surface area contributed by atoms with Crippen LogP contribution in [0.15, 0.2) is 213 Å². The van der Waals surface area contributed by atoms with Gasteiger partial charge in [-0.3, -0.25) is 0 Å². The van der Waals surface area contributed by atoms with Crippen LogP contribution in [0.1, 0.15) is 0 Å². The molecule has 0 radical (unpaired) electrons. The lowest BCUT2D eigenvalue weighted by molar-refractivity contribution is 0.669. The first kappa shape index (κ1) is 32.4. The van der Waals surface area contributed by atoms with Crippen molar-refractivity contribution < 1.29 is 13.3 Å². The smallest absolute Gasteiger partial charge is 0.145 e. The molecule has 0 fully saturated rings. The van der Waals surface area contributed by atoms with Crippen molar-refractivity contribution in [2.45, 2.75) is 0 Å². The summed E-state index contributed by atoms with van der Waals surface area (Å²) in [6, 6.07) is 70.1. The predicted octanol–water partition coefficient (Wildman–Crippen LogP) is 15.9. The maximum absolute atomic E-state index is 6.99. The molecule has 0 amide bonds. The lowest BCUT2D eigenvalue weighted by atomic mass is 9.98. The van der Waals surface area contributed by atoms with Gasteiger partial charge in [-0.1, -0.05) is 133 Å². The van der Waals surface area contributed by atoms with E-state index >= 15 is 0 Å². The summed E-state index contributed by atoms with van der Waals surface area (Å²) in [5.74, 6) is 0. The zero-order valence-corrected chi connectivity index (χ0v) is 31.2. The molecule has 3 heterocycles. The summed E-state index contributed by atoms with van der Waals surface area (Å²) in [5.41, 5.74) is 14.7. The minimum absolute atomic E-state index is 0.835. The van der Waals surface area contributed by atoms with E-state index in [1.165, 1.54) is 0 Å². The van der Waals surface area contributed by atoms with Gasteiger partial charge in [0.15, 0.2) is 0 Å². The molecule has 12 aromatic rings.